The van der Waals surface area contributed by atoms with E-state index in [2.05, 4.69) is 34.0 Å². The maximum atomic E-state index is 12.2. The predicted octanol–water partition coefficient (Wildman–Crippen LogP) is 3.55. The number of rotatable bonds is 10. The molecule has 0 unspecified atom stereocenters. The van der Waals surface area contributed by atoms with Crippen molar-refractivity contribution in [3.8, 4) is 0 Å². The third-order valence-corrected chi connectivity index (χ3v) is 5.19. The first-order valence-corrected chi connectivity index (χ1v) is 10.2. The van der Waals surface area contributed by atoms with Crippen molar-refractivity contribution in [3.05, 3.63) is 12.4 Å². The summed E-state index contributed by atoms with van der Waals surface area (Å²) >= 11 is 0. The molecule has 1 aliphatic heterocycles. The Balaban J connectivity index is 1.74. The quantitative estimate of drug-likeness (QED) is 0.690. The van der Waals surface area contributed by atoms with Crippen LogP contribution in [0.15, 0.2) is 12.4 Å². The molecule has 2 heterocycles. The molecule has 1 fully saturated rings. The van der Waals surface area contributed by atoms with Crippen LogP contribution in [0.25, 0.3) is 0 Å². The first-order chi connectivity index (χ1) is 12.6. The van der Waals surface area contributed by atoms with Crippen molar-refractivity contribution < 1.29 is 4.79 Å². The number of piperidine rings is 1. The van der Waals surface area contributed by atoms with Crippen molar-refractivity contribution in [1.29, 1.82) is 0 Å². The van der Waals surface area contributed by atoms with Crippen LogP contribution in [0.2, 0.25) is 0 Å². The molecule has 0 aromatic carbocycles. The lowest BCUT2D eigenvalue weighted by Gasteiger charge is -2.33. The summed E-state index contributed by atoms with van der Waals surface area (Å²) in [4.78, 5) is 25.1. The number of aromatic nitrogens is 2. The van der Waals surface area contributed by atoms with Crippen molar-refractivity contribution in [2.75, 3.05) is 43.4 Å². The number of hydrogen-bond donors (Lipinski definition) is 1. The van der Waals surface area contributed by atoms with Crippen molar-refractivity contribution >= 4 is 17.5 Å². The minimum atomic E-state index is 0.295. The fourth-order valence-electron chi connectivity index (χ4n) is 3.36. The Morgan fingerprint density at radius 1 is 1.27 bits per heavy atom. The molecule has 0 radical (unpaired) electrons. The van der Waals surface area contributed by atoms with Crippen LogP contribution in [0.5, 0.6) is 0 Å². The van der Waals surface area contributed by atoms with Gasteiger partial charge in [0.25, 0.3) is 0 Å². The van der Waals surface area contributed by atoms with Crippen molar-refractivity contribution in [1.82, 2.24) is 14.9 Å². The van der Waals surface area contributed by atoms with Gasteiger partial charge in [0.2, 0.25) is 5.91 Å². The van der Waals surface area contributed by atoms with Crippen LogP contribution < -0.4 is 10.2 Å². The van der Waals surface area contributed by atoms with E-state index in [9.17, 15) is 4.79 Å². The summed E-state index contributed by atoms with van der Waals surface area (Å²) < 4.78 is 0. The minimum Gasteiger partial charge on any atom is -0.370 e. The molecule has 1 amide bonds. The zero-order valence-electron chi connectivity index (χ0n) is 16.7. The number of nitrogens with one attached hydrogen (secondary N) is 1. The number of hydrogen-bond acceptors (Lipinski definition) is 5. The SMILES string of the molecule is CCCCN(C)C(=O)CCC1CCN(c2cc(NCCC)ncn2)CC1. The van der Waals surface area contributed by atoms with Gasteiger partial charge in [-0.05, 0) is 38.0 Å². The molecule has 0 spiro atoms. The molecule has 0 aliphatic carbocycles. The smallest absolute Gasteiger partial charge is 0.222 e. The molecular weight excluding hydrogens is 326 g/mol. The van der Waals surface area contributed by atoms with Crippen molar-refractivity contribution in [2.24, 2.45) is 5.92 Å². The Hall–Kier alpha value is -1.85. The van der Waals surface area contributed by atoms with E-state index in [4.69, 9.17) is 0 Å². The van der Waals surface area contributed by atoms with Crippen molar-refractivity contribution in [2.45, 2.75) is 58.8 Å². The summed E-state index contributed by atoms with van der Waals surface area (Å²) in [5.74, 6) is 2.85. The van der Waals surface area contributed by atoms with E-state index in [1.165, 1.54) is 0 Å². The lowest BCUT2D eigenvalue weighted by Crippen LogP contribution is -2.35. The van der Waals surface area contributed by atoms with Crippen LogP contribution in [0.3, 0.4) is 0 Å². The van der Waals surface area contributed by atoms with Crippen LogP contribution >= 0.6 is 0 Å². The van der Waals surface area contributed by atoms with Gasteiger partial charge in [0, 0.05) is 45.7 Å². The predicted molar refractivity (Wildman–Crippen MR) is 108 cm³/mol. The largest absolute Gasteiger partial charge is 0.370 e. The summed E-state index contributed by atoms with van der Waals surface area (Å²) in [5.41, 5.74) is 0. The Kier molecular flexibility index (Phi) is 8.65. The Bertz CT molecular complexity index is 543. The molecule has 2 rings (SSSR count). The van der Waals surface area contributed by atoms with Gasteiger partial charge >= 0.3 is 0 Å². The highest BCUT2D eigenvalue weighted by Gasteiger charge is 2.21. The molecule has 1 saturated heterocycles. The summed E-state index contributed by atoms with van der Waals surface area (Å²) in [5, 5.41) is 3.32. The standard InChI is InChI=1S/C20H35N5O/c1-4-6-12-24(3)20(26)8-7-17-9-13-25(14-10-17)19-15-18(21-11-5-2)22-16-23-19/h15-17H,4-14H2,1-3H3,(H,21,22,23). The second-order valence-corrected chi connectivity index (χ2v) is 7.33. The maximum absolute atomic E-state index is 12.2. The van der Waals surface area contributed by atoms with E-state index in [0.717, 1.165) is 76.3 Å². The summed E-state index contributed by atoms with van der Waals surface area (Å²) in [6, 6.07) is 2.04. The molecule has 1 aromatic rings. The van der Waals surface area contributed by atoms with Crippen molar-refractivity contribution in [3.63, 3.8) is 0 Å². The highest BCUT2D eigenvalue weighted by molar-refractivity contribution is 5.75. The third-order valence-electron chi connectivity index (χ3n) is 5.19. The van der Waals surface area contributed by atoms with Crippen LogP contribution in [-0.4, -0.2) is 54.0 Å². The molecule has 1 aliphatic rings. The molecule has 26 heavy (non-hydrogen) atoms. The number of unbranched alkanes of at least 4 members (excludes halogenated alkanes) is 1. The summed E-state index contributed by atoms with van der Waals surface area (Å²) in [6.07, 6.45) is 8.91. The van der Waals surface area contributed by atoms with E-state index < -0.39 is 0 Å². The zero-order chi connectivity index (χ0) is 18.8. The van der Waals surface area contributed by atoms with Crippen LogP contribution in [0.4, 0.5) is 11.6 Å². The normalized spacial score (nSPS) is 15.1. The third kappa shape index (κ3) is 6.46. The van der Waals surface area contributed by atoms with Gasteiger partial charge in [-0.25, -0.2) is 9.97 Å². The fourth-order valence-corrected chi connectivity index (χ4v) is 3.36. The monoisotopic (exact) mass is 361 g/mol. The van der Waals surface area contributed by atoms with E-state index in [0.29, 0.717) is 18.2 Å². The van der Waals surface area contributed by atoms with E-state index >= 15 is 0 Å². The molecule has 146 valence electrons. The molecule has 6 heteroatoms. The molecule has 0 saturated carbocycles. The summed E-state index contributed by atoms with van der Waals surface area (Å²) in [7, 11) is 1.93. The molecule has 6 nitrogen and oxygen atoms in total. The Labute approximate surface area is 158 Å². The van der Waals surface area contributed by atoms with Crippen LogP contribution in [0, 0.1) is 5.92 Å². The van der Waals surface area contributed by atoms with Gasteiger partial charge in [0.15, 0.2) is 0 Å². The zero-order valence-corrected chi connectivity index (χ0v) is 16.7. The highest BCUT2D eigenvalue weighted by Crippen LogP contribution is 2.26. The van der Waals surface area contributed by atoms with Gasteiger partial charge in [-0.15, -0.1) is 0 Å². The first-order valence-electron chi connectivity index (χ1n) is 10.2. The van der Waals surface area contributed by atoms with Gasteiger partial charge in [0.05, 0.1) is 0 Å². The minimum absolute atomic E-state index is 0.295. The number of carbonyl (C=O) groups is 1. The lowest BCUT2D eigenvalue weighted by atomic mass is 9.92. The Morgan fingerprint density at radius 3 is 2.73 bits per heavy atom. The summed E-state index contributed by atoms with van der Waals surface area (Å²) in [6.45, 7) is 8.14. The van der Waals surface area contributed by atoms with E-state index in [1.807, 2.05) is 18.0 Å². The number of carbonyl (C=O) groups excluding carboxylic acids is 1. The maximum Gasteiger partial charge on any atom is 0.222 e. The molecular formula is C20H35N5O. The molecule has 1 N–H and O–H groups in total. The lowest BCUT2D eigenvalue weighted by molar-refractivity contribution is -0.130. The number of anilines is 2. The topological polar surface area (TPSA) is 61.4 Å². The van der Waals surface area contributed by atoms with E-state index in [-0.39, 0.29) is 0 Å². The molecule has 1 aromatic heterocycles. The van der Waals surface area contributed by atoms with Gasteiger partial charge in [-0.2, -0.15) is 0 Å². The average Bonchev–Trinajstić information content (AvgIpc) is 2.69. The van der Waals surface area contributed by atoms with E-state index in [1.54, 1.807) is 6.33 Å². The first kappa shape index (κ1) is 20.5. The van der Waals surface area contributed by atoms with Gasteiger partial charge in [-0.1, -0.05) is 20.3 Å². The van der Waals surface area contributed by atoms with Gasteiger partial charge in [-0.3, -0.25) is 4.79 Å². The molecule has 0 atom stereocenters. The van der Waals surface area contributed by atoms with Gasteiger partial charge in [0.1, 0.15) is 18.0 Å². The number of nitrogens with zero attached hydrogens (tertiary/aromatic N) is 4. The fraction of sp³-hybridized carbons (Fsp3) is 0.750. The average molecular weight is 362 g/mol. The second-order valence-electron chi connectivity index (χ2n) is 7.33. The second kappa shape index (κ2) is 11.0. The molecule has 0 bridgehead atoms. The van der Waals surface area contributed by atoms with Crippen LogP contribution in [0.1, 0.15) is 58.8 Å². The van der Waals surface area contributed by atoms with Crippen LogP contribution in [-0.2, 0) is 4.79 Å². The Morgan fingerprint density at radius 2 is 2.04 bits per heavy atom. The number of amides is 1. The highest BCUT2D eigenvalue weighted by atomic mass is 16.2. The van der Waals surface area contributed by atoms with Gasteiger partial charge < -0.3 is 15.1 Å².